The fourth-order valence-corrected chi connectivity index (χ4v) is 2.18. The van der Waals surface area contributed by atoms with Gasteiger partial charge < -0.3 is 14.5 Å². The summed E-state index contributed by atoms with van der Waals surface area (Å²) in [5, 5.41) is 19.8. The van der Waals surface area contributed by atoms with E-state index in [1.54, 1.807) is 24.3 Å². The van der Waals surface area contributed by atoms with E-state index in [0.29, 0.717) is 27.2 Å². The Labute approximate surface area is 103 Å². The van der Waals surface area contributed by atoms with E-state index in [2.05, 4.69) is 6.08 Å². The van der Waals surface area contributed by atoms with Gasteiger partial charge >= 0.3 is 7.12 Å². The third-order valence-corrected chi connectivity index (χ3v) is 3.03. The highest BCUT2D eigenvalue weighted by molar-refractivity contribution is 6.62. The molecule has 5 heteroatoms. The molecule has 1 aliphatic rings. The Hall–Kier alpha value is -1.58. The lowest BCUT2D eigenvalue weighted by Gasteiger charge is -2.01. The molecule has 82 valence electrons. The molecule has 1 aromatic heterocycles. The molecule has 0 atom stereocenters. The second kappa shape index (κ2) is 3.72. The van der Waals surface area contributed by atoms with Crippen molar-refractivity contribution >= 4 is 47.3 Å². The van der Waals surface area contributed by atoms with E-state index >= 15 is 0 Å². The van der Waals surface area contributed by atoms with Crippen LogP contribution in [0.1, 0.15) is 11.3 Å². The molecule has 0 spiro atoms. The first-order chi connectivity index (χ1) is 8.18. The normalized spacial score (nSPS) is 12.6. The minimum Gasteiger partial charge on any atom is -0.423 e. The van der Waals surface area contributed by atoms with Crippen molar-refractivity contribution < 1.29 is 14.5 Å². The molecule has 0 radical (unpaired) electrons. The smallest absolute Gasteiger partial charge is 0.423 e. The minimum atomic E-state index is -1.56. The Balaban J connectivity index is 2.46. The van der Waals surface area contributed by atoms with E-state index in [1.165, 1.54) is 0 Å². The SMILES string of the molecule is OB(O)c1ccc(Cl)c2oc3c(c12)C=C[C+]=C3. The van der Waals surface area contributed by atoms with Crippen molar-refractivity contribution in [3.05, 3.63) is 40.6 Å². The van der Waals surface area contributed by atoms with Crippen molar-refractivity contribution in [2.75, 3.05) is 0 Å². The second-order valence-corrected chi connectivity index (χ2v) is 4.15. The summed E-state index contributed by atoms with van der Waals surface area (Å²) < 4.78 is 5.59. The van der Waals surface area contributed by atoms with E-state index in [4.69, 9.17) is 16.0 Å². The molecular weight excluding hydrogens is 238 g/mol. The molecule has 0 saturated carbocycles. The largest absolute Gasteiger partial charge is 0.489 e. The van der Waals surface area contributed by atoms with Gasteiger partial charge in [-0.1, -0.05) is 17.7 Å². The maximum atomic E-state index is 9.35. The Kier molecular flexibility index (Phi) is 2.32. The van der Waals surface area contributed by atoms with E-state index in [1.807, 2.05) is 6.08 Å². The lowest BCUT2D eigenvalue weighted by Crippen LogP contribution is -2.30. The Morgan fingerprint density at radius 3 is 2.88 bits per heavy atom. The molecule has 1 aliphatic carbocycles. The zero-order valence-corrected chi connectivity index (χ0v) is 9.40. The van der Waals surface area contributed by atoms with Crippen LogP contribution >= 0.6 is 11.6 Å². The average molecular weight is 245 g/mol. The van der Waals surface area contributed by atoms with E-state index in [0.717, 1.165) is 5.56 Å². The van der Waals surface area contributed by atoms with Crippen LogP contribution in [0.25, 0.3) is 23.1 Å². The first kappa shape index (κ1) is 10.6. The molecule has 1 aromatic carbocycles. The van der Waals surface area contributed by atoms with Gasteiger partial charge in [-0.05, 0) is 11.5 Å². The molecule has 3 rings (SSSR count). The van der Waals surface area contributed by atoms with Gasteiger partial charge in [0, 0.05) is 6.08 Å². The highest BCUT2D eigenvalue weighted by Gasteiger charge is 2.27. The van der Waals surface area contributed by atoms with Gasteiger partial charge in [0.05, 0.1) is 16.5 Å². The monoisotopic (exact) mass is 245 g/mol. The van der Waals surface area contributed by atoms with E-state index < -0.39 is 7.12 Å². The van der Waals surface area contributed by atoms with Crippen LogP contribution in [0.4, 0.5) is 0 Å². The quantitative estimate of drug-likeness (QED) is 0.593. The summed E-state index contributed by atoms with van der Waals surface area (Å²) in [6.45, 7) is 0. The highest BCUT2D eigenvalue weighted by atomic mass is 35.5. The molecule has 3 nitrogen and oxygen atoms in total. The summed E-state index contributed by atoms with van der Waals surface area (Å²) in [5.74, 6) is 0.623. The molecule has 2 aromatic rings. The van der Waals surface area contributed by atoms with Crippen LogP contribution in [0.5, 0.6) is 0 Å². The summed E-state index contributed by atoms with van der Waals surface area (Å²) in [6.07, 6.45) is 8.15. The van der Waals surface area contributed by atoms with Crippen molar-refractivity contribution in [1.82, 2.24) is 0 Å². The van der Waals surface area contributed by atoms with Gasteiger partial charge in [-0.3, -0.25) is 0 Å². The first-order valence-corrected chi connectivity index (χ1v) is 5.43. The number of furan rings is 1. The number of hydrogen-bond acceptors (Lipinski definition) is 3. The van der Waals surface area contributed by atoms with Gasteiger partial charge in [0.1, 0.15) is 17.7 Å². The number of allylic oxidation sites excluding steroid dienone is 2. The fraction of sp³-hybridized carbons (Fsp3) is 0. The van der Waals surface area contributed by atoms with Crippen molar-refractivity contribution in [1.29, 1.82) is 0 Å². The molecule has 0 unspecified atom stereocenters. The predicted octanol–water partition coefficient (Wildman–Crippen LogP) is 1.61. The average Bonchev–Trinajstić information content (AvgIpc) is 2.69. The van der Waals surface area contributed by atoms with Gasteiger partial charge in [-0.15, -0.1) is 0 Å². The molecule has 0 bridgehead atoms. The van der Waals surface area contributed by atoms with Crippen LogP contribution in [0.15, 0.2) is 22.6 Å². The zero-order chi connectivity index (χ0) is 12.0. The molecule has 2 N–H and O–H groups in total. The third-order valence-electron chi connectivity index (χ3n) is 2.73. The lowest BCUT2D eigenvalue weighted by molar-refractivity contribution is 0.426. The van der Waals surface area contributed by atoms with Crippen LogP contribution in [-0.4, -0.2) is 17.2 Å². The molecule has 0 fully saturated rings. The molecule has 0 aliphatic heterocycles. The van der Waals surface area contributed by atoms with Crippen LogP contribution in [0, 0.1) is 6.08 Å². The topological polar surface area (TPSA) is 53.6 Å². The standard InChI is InChI=1S/C12H7BClO3/c14-9-6-5-8(13(15)16)11-7-3-1-2-4-10(7)17-12(9)11/h1,3-6,15-16H/q+1. The van der Waals surface area contributed by atoms with Crippen LogP contribution < -0.4 is 5.46 Å². The minimum absolute atomic E-state index is 0.384. The maximum absolute atomic E-state index is 9.35. The Morgan fingerprint density at radius 2 is 2.12 bits per heavy atom. The Morgan fingerprint density at radius 1 is 1.29 bits per heavy atom. The van der Waals surface area contributed by atoms with Gasteiger partial charge in [-0.2, -0.15) is 0 Å². The van der Waals surface area contributed by atoms with Crippen molar-refractivity contribution in [3.8, 4) is 0 Å². The van der Waals surface area contributed by atoms with Crippen LogP contribution in [0.2, 0.25) is 5.02 Å². The van der Waals surface area contributed by atoms with Crippen molar-refractivity contribution in [2.45, 2.75) is 0 Å². The van der Waals surface area contributed by atoms with Crippen molar-refractivity contribution in [2.24, 2.45) is 0 Å². The number of hydrogen-bond donors (Lipinski definition) is 2. The summed E-state index contributed by atoms with van der Waals surface area (Å²) >= 11 is 6.04. The second-order valence-electron chi connectivity index (χ2n) is 3.74. The Bertz CT molecular complexity index is 655. The number of halogens is 1. The lowest BCUT2D eigenvalue weighted by atomic mass is 9.77. The molecule has 1 heterocycles. The number of fused-ring (bicyclic) bond motifs is 3. The summed E-state index contributed by atoms with van der Waals surface area (Å²) in [4.78, 5) is 0. The van der Waals surface area contributed by atoms with Gasteiger partial charge in [0.15, 0.2) is 5.58 Å². The van der Waals surface area contributed by atoms with Crippen molar-refractivity contribution in [3.63, 3.8) is 0 Å². The van der Waals surface area contributed by atoms with Gasteiger partial charge in [-0.25, -0.2) is 0 Å². The predicted molar refractivity (Wildman–Crippen MR) is 67.8 cm³/mol. The van der Waals surface area contributed by atoms with Crippen LogP contribution in [-0.2, 0) is 0 Å². The summed E-state index contributed by atoms with van der Waals surface area (Å²) in [5.41, 5.74) is 1.64. The molecule has 17 heavy (non-hydrogen) atoms. The van der Waals surface area contributed by atoms with Gasteiger partial charge in [0.25, 0.3) is 0 Å². The zero-order valence-electron chi connectivity index (χ0n) is 8.64. The molecular formula is C12H7BClO3+. The van der Waals surface area contributed by atoms with E-state index in [9.17, 15) is 10.0 Å². The summed E-state index contributed by atoms with van der Waals surface area (Å²) in [7, 11) is -1.56. The summed E-state index contributed by atoms with van der Waals surface area (Å²) in [6, 6.07) is 3.17. The van der Waals surface area contributed by atoms with Crippen LogP contribution in [0.3, 0.4) is 0 Å². The number of benzene rings is 1. The van der Waals surface area contributed by atoms with Gasteiger partial charge in [0.2, 0.25) is 5.76 Å². The van der Waals surface area contributed by atoms with E-state index in [-0.39, 0.29) is 0 Å². The number of rotatable bonds is 1. The third kappa shape index (κ3) is 1.51. The fourth-order valence-electron chi connectivity index (χ4n) is 1.98. The highest BCUT2D eigenvalue weighted by Crippen LogP contribution is 2.33. The molecule has 0 amide bonds. The maximum Gasteiger partial charge on any atom is 0.489 e. The first-order valence-electron chi connectivity index (χ1n) is 5.05. The molecule has 0 saturated heterocycles.